The summed E-state index contributed by atoms with van der Waals surface area (Å²) in [6.07, 6.45) is 0. The molecule has 0 heterocycles. The van der Waals surface area contributed by atoms with Crippen molar-refractivity contribution in [3.8, 4) is 0 Å². The minimum atomic E-state index is -2.19. The number of carboxylic acid groups (broad SMARTS) is 4. The van der Waals surface area contributed by atoms with Crippen LogP contribution in [0.1, 0.15) is 0 Å². The summed E-state index contributed by atoms with van der Waals surface area (Å²) < 4.78 is 0. The van der Waals surface area contributed by atoms with Crippen LogP contribution in [0.2, 0.25) is 0 Å². The van der Waals surface area contributed by atoms with Crippen LogP contribution in [0.3, 0.4) is 0 Å². The van der Waals surface area contributed by atoms with E-state index in [0.29, 0.717) is 0 Å². The maximum absolute atomic E-state index is 8.93. The van der Waals surface area contributed by atoms with Gasteiger partial charge in [-0.25, -0.2) is 0 Å². The van der Waals surface area contributed by atoms with E-state index in [4.69, 9.17) is 39.6 Å². The monoisotopic (exact) mass is 443 g/mol. The maximum Gasteiger partial charge on any atom is 2.00 e. The third-order valence-corrected chi connectivity index (χ3v) is 0.333. The van der Waals surface area contributed by atoms with Gasteiger partial charge in [0.25, 0.3) is 0 Å². The van der Waals surface area contributed by atoms with Crippen molar-refractivity contribution in [2.24, 2.45) is 0 Å². The van der Waals surface area contributed by atoms with Crippen LogP contribution in [0.5, 0.6) is 0 Å². The van der Waals surface area contributed by atoms with Gasteiger partial charge in [-0.2, -0.15) is 0 Å². The molecule has 0 aromatic carbocycles. The van der Waals surface area contributed by atoms with E-state index < -0.39 is 23.9 Å². The van der Waals surface area contributed by atoms with Gasteiger partial charge >= 0.3 is 106 Å². The summed E-state index contributed by atoms with van der Waals surface area (Å²) >= 11 is 0. The van der Waals surface area contributed by atoms with Crippen molar-refractivity contribution in [1.29, 1.82) is 0 Å². The summed E-state index contributed by atoms with van der Waals surface area (Å²) in [4.78, 5) is 35.7. The summed E-state index contributed by atoms with van der Waals surface area (Å²) in [5.41, 5.74) is 0. The molecule has 0 aliphatic rings. The fourth-order valence-electron chi connectivity index (χ4n) is 0. The Kier molecular flexibility index (Phi) is 35.4. The predicted octanol–water partition coefficient (Wildman–Crippen LogP) is -10.0. The van der Waals surface area contributed by atoms with Gasteiger partial charge in [-0.05, 0) is 0 Å². The normalized spacial score (nSPS) is 5.87. The fourth-order valence-corrected chi connectivity index (χ4v) is 0. The van der Waals surface area contributed by atoms with E-state index in [-0.39, 0.29) is 106 Å². The molecule has 0 bridgehead atoms. The average Bonchev–Trinajstić information content (AvgIpc) is 1.88. The minimum absolute atomic E-state index is 0. The minimum Gasteiger partial charge on any atom is -0.543 e. The second-order valence-corrected chi connectivity index (χ2v) is 1.15. The van der Waals surface area contributed by atoms with Crippen LogP contribution in [0, 0.1) is 0 Å². The van der Waals surface area contributed by atoms with Crippen LogP contribution in [0.15, 0.2) is 0 Å². The molecule has 0 aliphatic heterocycles. The van der Waals surface area contributed by atoms with E-state index in [1.54, 1.807) is 0 Å². The Labute approximate surface area is 166 Å². The molecule has 0 radical (unpaired) electrons. The summed E-state index contributed by atoms with van der Waals surface area (Å²) in [5.74, 6) is -8.74. The largest absolute Gasteiger partial charge is 2.00 e. The predicted molar refractivity (Wildman–Crippen MR) is 20.0 cm³/mol. The van der Waals surface area contributed by atoms with Gasteiger partial charge in [0.2, 0.25) is 0 Å². The molecule has 15 heavy (non-hydrogen) atoms. The van der Waals surface area contributed by atoms with E-state index in [1.165, 1.54) is 0 Å². The quantitative estimate of drug-likeness (QED) is 0.265. The molecule has 8 nitrogen and oxygen atoms in total. The second-order valence-electron chi connectivity index (χ2n) is 1.15. The molecule has 68 valence electrons. The van der Waals surface area contributed by atoms with Crippen molar-refractivity contribution in [3.05, 3.63) is 0 Å². The molecule has 0 amide bonds. The van der Waals surface area contributed by atoms with E-state index in [2.05, 4.69) is 0 Å². The number of carbonyl (C=O) groups excluding carboxylic acids is 4. The van der Waals surface area contributed by atoms with E-state index in [0.717, 1.165) is 0 Å². The smallest absolute Gasteiger partial charge is 0.543 e. The van der Waals surface area contributed by atoms with Gasteiger partial charge in [0.05, 0.1) is 23.9 Å². The molecule has 0 N–H and O–H groups in total. The molecule has 0 unspecified atom stereocenters. The first-order chi connectivity index (χ1) is 5.29. The fraction of sp³-hybridized carbons (Fsp3) is 0. The van der Waals surface area contributed by atoms with Gasteiger partial charge in [-0.3, -0.25) is 0 Å². The molecule has 11 heteroatoms. The second kappa shape index (κ2) is 17.7. The molecule has 0 aromatic rings. The van der Waals surface area contributed by atoms with Crippen molar-refractivity contribution < 1.29 is 146 Å². The molecule has 0 atom stereocenters. The molecular weight excluding hydrogens is 440 g/mol. The standard InChI is InChI=1S/2C2H2O4.2Cd.K/c2*3-1(4)2(5)6;;;/h2*(H,3,4)(H,5,6);;;/q;;2*+2;+1/p-4. The molecule has 0 aliphatic carbocycles. The Balaban J connectivity index is -0.0000000370. The summed E-state index contributed by atoms with van der Waals surface area (Å²) in [5, 5.41) is 35.7. The van der Waals surface area contributed by atoms with E-state index in [9.17, 15) is 0 Å². The van der Waals surface area contributed by atoms with Crippen LogP contribution < -0.4 is 71.8 Å². The topological polar surface area (TPSA) is 161 Å². The first kappa shape index (κ1) is 29.9. The van der Waals surface area contributed by atoms with Gasteiger partial charge in [-0.1, -0.05) is 0 Å². The zero-order chi connectivity index (χ0) is 10.3. The molecular formula is C4Cd2KO8+. The Morgan fingerprint density at radius 3 is 0.600 bits per heavy atom. The first-order valence-electron chi connectivity index (χ1n) is 2.13. The van der Waals surface area contributed by atoms with Gasteiger partial charge in [-0.15, -0.1) is 0 Å². The summed E-state index contributed by atoms with van der Waals surface area (Å²) in [6, 6.07) is 0. The van der Waals surface area contributed by atoms with Crippen molar-refractivity contribution >= 4 is 23.9 Å². The van der Waals surface area contributed by atoms with Crippen LogP contribution in [-0.2, 0) is 73.8 Å². The molecule has 0 saturated heterocycles. The van der Waals surface area contributed by atoms with Crippen molar-refractivity contribution in [2.75, 3.05) is 0 Å². The van der Waals surface area contributed by atoms with Gasteiger partial charge in [0.15, 0.2) is 0 Å². The Hall–Kier alpha value is 1.36. The van der Waals surface area contributed by atoms with Crippen LogP contribution in [0.25, 0.3) is 0 Å². The van der Waals surface area contributed by atoms with Gasteiger partial charge < -0.3 is 39.6 Å². The summed E-state index contributed by atoms with van der Waals surface area (Å²) in [6.45, 7) is 0. The molecule has 0 rings (SSSR count). The first-order valence-corrected chi connectivity index (χ1v) is 2.13. The van der Waals surface area contributed by atoms with Gasteiger partial charge in [0, 0.05) is 0 Å². The van der Waals surface area contributed by atoms with Crippen molar-refractivity contribution in [2.45, 2.75) is 0 Å². The zero-order valence-electron chi connectivity index (χ0n) is 7.68. The van der Waals surface area contributed by atoms with Crippen LogP contribution in [0.4, 0.5) is 0 Å². The SMILES string of the molecule is O=C([O-])C(=O)[O-].O=C([O-])C(=O)[O-].[Cd+2].[Cd+2].[K+]. The third-order valence-electron chi connectivity index (χ3n) is 0.333. The van der Waals surface area contributed by atoms with Gasteiger partial charge in [0.1, 0.15) is 0 Å². The zero-order valence-corrected chi connectivity index (χ0v) is 18.9. The third kappa shape index (κ3) is 31.3. The maximum atomic E-state index is 8.93. The van der Waals surface area contributed by atoms with E-state index >= 15 is 0 Å². The van der Waals surface area contributed by atoms with Crippen molar-refractivity contribution in [3.63, 3.8) is 0 Å². The Morgan fingerprint density at radius 1 is 0.533 bits per heavy atom. The Bertz CT molecular complexity index is 181. The molecule has 0 fully saturated rings. The number of rotatable bonds is 0. The number of carbonyl (C=O) groups is 4. The number of aliphatic carboxylic acids is 4. The van der Waals surface area contributed by atoms with Crippen molar-refractivity contribution in [1.82, 2.24) is 0 Å². The van der Waals surface area contributed by atoms with Crippen LogP contribution >= 0.6 is 0 Å². The van der Waals surface area contributed by atoms with Crippen LogP contribution in [-0.4, -0.2) is 23.9 Å². The number of carboxylic acids is 4. The number of hydrogen-bond acceptors (Lipinski definition) is 8. The summed E-state index contributed by atoms with van der Waals surface area (Å²) in [7, 11) is 0. The molecule has 0 spiro atoms. The average molecular weight is 440 g/mol. The van der Waals surface area contributed by atoms with E-state index in [1.807, 2.05) is 0 Å². The molecule has 0 saturated carbocycles. The molecule has 0 aromatic heterocycles. The Morgan fingerprint density at radius 2 is 0.600 bits per heavy atom. The number of hydrogen-bond donors (Lipinski definition) is 0.